The predicted molar refractivity (Wildman–Crippen MR) is 130 cm³/mol. The SMILES string of the molecule is Br.Clc1ccc(N=c2scc(-c3ccc(Cl)cc3)n2CCc2ccccc2)cc1. The van der Waals surface area contributed by atoms with Crippen molar-refractivity contribution in [1.29, 1.82) is 0 Å². The summed E-state index contributed by atoms with van der Waals surface area (Å²) in [5, 5.41) is 3.60. The summed E-state index contributed by atoms with van der Waals surface area (Å²) < 4.78 is 2.27. The molecule has 4 aromatic rings. The van der Waals surface area contributed by atoms with Gasteiger partial charge in [0, 0.05) is 22.0 Å². The molecule has 4 rings (SSSR count). The topological polar surface area (TPSA) is 17.3 Å². The lowest BCUT2D eigenvalue weighted by molar-refractivity contribution is 0.684. The second-order valence-corrected chi connectivity index (χ2v) is 8.10. The molecule has 0 fully saturated rings. The molecule has 0 saturated heterocycles. The molecule has 29 heavy (non-hydrogen) atoms. The fourth-order valence-corrected chi connectivity index (χ4v) is 4.21. The Morgan fingerprint density at radius 1 is 0.793 bits per heavy atom. The van der Waals surface area contributed by atoms with E-state index < -0.39 is 0 Å². The molecule has 0 N–H and O–H groups in total. The maximum absolute atomic E-state index is 6.07. The minimum Gasteiger partial charge on any atom is -0.316 e. The van der Waals surface area contributed by atoms with E-state index in [-0.39, 0.29) is 17.0 Å². The molecule has 0 aliphatic carbocycles. The number of nitrogens with zero attached hydrogens (tertiary/aromatic N) is 2. The molecule has 0 amide bonds. The van der Waals surface area contributed by atoms with Crippen LogP contribution in [0, 0.1) is 0 Å². The highest BCUT2D eigenvalue weighted by molar-refractivity contribution is 8.93. The second-order valence-electron chi connectivity index (χ2n) is 6.39. The summed E-state index contributed by atoms with van der Waals surface area (Å²) in [4.78, 5) is 5.82. The van der Waals surface area contributed by atoms with Crippen LogP contribution in [0.2, 0.25) is 10.0 Å². The third-order valence-electron chi connectivity index (χ3n) is 4.46. The van der Waals surface area contributed by atoms with Crippen molar-refractivity contribution in [3.8, 4) is 11.3 Å². The Bertz CT molecular complexity index is 1120. The molecule has 0 radical (unpaired) electrons. The van der Waals surface area contributed by atoms with Gasteiger partial charge in [-0.1, -0.05) is 65.7 Å². The van der Waals surface area contributed by atoms with Crippen LogP contribution in [-0.2, 0) is 13.0 Å². The molecule has 0 bridgehead atoms. The number of aromatic nitrogens is 1. The summed E-state index contributed by atoms with van der Waals surface area (Å²) >= 11 is 13.7. The Labute approximate surface area is 194 Å². The molecule has 1 aromatic heterocycles. The molecule has 0 unspecified atom stereocenters. The normalized spacial score (nSPS) is 11.3. The number of thiazole rings is 1. The minimum atomic E-state index is 0. The molecule has 0 spiro atoms. The van der Waals surface area contributed by atoms with E-state index in [1.54, 1.807) is 11.3 Å². The molecule has 1 heterocycles. The van der Waals surface area contributed by atoms with Crippen LogP contribution >= 0.6 is 51.5 Å². The standard InChI is InChI=1S/C23H18Cl2N2S.BrH/c24-19-8-6-18(7-9-19)22-16-28-23(26-21-12-10-20(25)11-13-21)27(22)15-14-17-4-2-1-3-5-17;/h1-13,16H,14-15H2;1H. The highest BCUT2D eigenvalue weighted by Gasteiger charge is 2.09. The molecule has 0 saturated carbocycles. The van der Waals surface area contributed by atoms with Crippen molar-refractivity contribution in [2.45, 2.75) is 13.0 Å². The average Bonchev–Trinajstić information content (AvgIpc) is 3.12. The van der Waals surface area contributed by atoms with Crippen molar-refractivity contribution in [2.24, 2.45) is 4.99 Å². The monoisotopic (exact) mass is 504 g/mol. The van der Waals surface area contributed by atoms with Gasteiger partial charge in [0.2, 0.25) is 0 Å². The smallest absolute Gasteiger partial charge is 0.190 e. The van der Waals surface area contributed by atoms with E-state index in [0.29, 0.717) is 5.02 Å². The van der Waals surface area contributed by atoms with Crippen molar-refractivity contribution in [3.05, 3.63) is 105 Å². The third kappa shape index (κ3) is 5.61. The van der Waals surface area contributed by atoms with Crippen LogP contribution in [0.15, 0.2) is 89.2 Å². The van der Waals surface area contributed by atoms with Crippen LogP contribution in [0.5, 0.6) is 0 Å². The molecular weight excluding hydrogens is 487 g/mol. The molecule has 0 aliphatic rings. The predicted octanol–water partition coefficient (Wildman–Crippen LogP) is 7.58. The van der Waals surface area contributed by atoms with Gasteiger partial charge in [0.15, 0.2) is 4.80 Å². The zero-order valence-corrected chi connectivity index (χ0v) is 19.5. The van der Waals surface area contributed by atoms with Crippen LogP contribution in [-0.4, -0.2) is 4.57 Å². The lowest BCUT2D eigenvalue weighted by atomic mass is 10.1. The van der Waals surface area contributed by atoms with Gasteiger partial charge in [0.1, 0.15) is 0 Å². The van der Waals surface area contributed by atoms with E-state index in [0.717, 1.165) is 39.7 Å². The first kappa shape index (κ1) is 21.8. The van der Waals surface area contributed by atoms with Gasteiger partial charge < -0.3 is 4.57 Å². The number of hydrogen-bond acceptors (Lipinski definition) is 2. The quantitative estimate of drug-likeness (QED) is 0.266. The van der Waals surface area contributed by atoms with Gasteiger partial charge in [-0.25, -0.2) is 4.99 Å². The summed E-state index contributed by atoms with van der Waals surface area (Å²) in [5.74, 6) is 0. The number of rotatable bonds is 5. The zero-order valence-electron chi connectivity index (χ0n) is 15.5. The number of hydrogen-bond donors (Lipinski definition) is 0. The van der Waals surface area contributed by atoms with Crippen LogP contribution in [0.1, 0.15) is 5.56 Å². The first-order chi connectivity index (χ1) is 13.7. The Morgan fingerprint density at radius 3 is 2.07 bits per heavy atom. The molecule has 6 heteroatoms. The van der Waals surface area contributed by atoms with E-state index in [1.807, 2.05) is 42.5 Å². The Balaban J connectivity index is 0.00000240. The van der Waals surface area contributed by atoms with E-state index in [4.69, 9.17) is 28.2 Å². The van der Waals surface area contributed by atoms with Gasteiger partial charge in [-0.2, -0.15) is 0 Å². The third-order valence-corrected chi connectivity index (χ3v) is 5.82. The van der Waals surface area contributed by atoms with Gasteiger partial charge in [-0.05, 0) is 53.9 Å². The second kappa shape index (κ2) is 10.3. The van der Waals surface area contributed by atoms with Crippen LogP contribution in [0.4, 0.5) is 5.69 Å². The Kier molecular flexibility index (Phi) is 7.73. The van der Waals surface area contributed by atoms with Crippen molar-refractivity contribution in [2.75, 3.05) is 0 Å². The maximum atomic E-state index is 6.07. The number of halogens is 3. The fraction of sp³-hybridized carbons (Fsp3) is 0.0870. The van der Waals surface area contributed by atoms with Crippen molar-refractivity contribution in [3.63, 3.8) is 0 Å². The van der Waals surface area contributed by atoms with Gasteiger partial charge >= 0.3 is 0 Å². The summed E-state index contributed by atoms with van der Waals surface area (Å²) in [7, 11) is 0. The van der Waals surface area contributed by atoms with Gasteiger partial charge in [-0.15, -0.1) is 28.3 Å². The highest BCUT2D eigenvalue weighted by atomic mass is 79.9. The minimum absolute atomic E-state index is 0. The van der Waals surface area contributed by atoms with E-state index >= 15 is 0 Å². The average molecular weight is 506 g/mol. The molecule has 0 aliphatic heterocycles. The van der Waals surface area contributed by atoms with Crippen LogP contribution < -0.4 is 4.80 Å². The Hall–Kier alpha value is -1.85. The Morgan fingerprint density at radius 2 is 1.41 bits per heavy atom. The summed E-state index contributed by atoms with van der Waals surface area (Å²) in [5.41, 5.74) is 4.47. The first-order valence-corrected chi connectivity index (χ1v) is 10.6. The lowest BCUT2D eigenvalue weighted by Gasteiger charge is -2.10. The van der Waals surface area contributed by atoms with E-state index in [9.17, 15) is 0 Å². The number of benzene rings is 3. The molecule has 148 valence electrons. The molecular formula is C23H19BrCl2N2S. The number of aryl methyl sites for hydroxylation is 1. The van der Waals surface area contributed by atoms with Gasteiger partial charge in [0.05, 0.1) is 11.4 Å². The summed E-state index contributed by atoms with van der Waals surface area (Å²) in [6.45, 7) is 0.845. The first-order valence-electron chi connectivity index (χ1n) is 8.97. The van der Waals surface area contributed by atoms with Crippen molar-refractivity contribution >= 4 is 57.2 Å². The van der Waals surface area contributed by atoms with E-state index in [1.165, 1.54) is 5.56 Å². The van der Waals surface area contributed by atoms with Crippen molar-refractivity contribution < 1.29 is 0 Å². The molecule has 2 nitrogen and oxygen atoms in total. The molecule has 0 atom stereocenters. The fourth-order valence-electron chi connectivity index (χ4n) is 3.00. The van der Waals surface area contributed by atoms with Gasteiger partial charge in [-0.3, -0.25) is 0 Å². The highest BCUT2D eigenvalue weighted by Crippen LogP contribution is 2.23. The maximum Gasteiger partial charge on any atom is 0.190 e. The van der Waals surface area contributed by atoms with Crippen molar-refractivity contribution in [1.82, 2.24) is 4.57 Å². The van der Waals surface area contributed by atoms with Crippen LogP contribution in [0.3, 0.4) is 0 Å². The lowest BCUT2D eigenvalue weighted by Crippen LogP contribution is -2.17. The molecule has 3 aromatic carbocycles. The van der Waals surface area contributed by atoms with Crippen LogP contribution in [0.25, 0.3) is 11.3 Å². The zero-order chi connectivity index (χ0) is 19.3. The van der Waals surface area contributed by atoms with E-state index in [2.05, 4.69) is 46.3 Å². The van der Waals surface area contributed by atoms with Gasteiger partial charge in [0.25, 0.3) is 0 Å². The summed E-state index contributed by atoms with van der Waals surface area (Å²) in [6, 6.07) is 26.1. The largest absolute Gasteiger partial charge is 0.316 e. The summed E-state index contributed by atoms with van der Waals surface area (Å²) in [6.07, 6.45) is 0.936.